The average molecular weight is 355 g/mol. The second kappa shape index (κ2) is 8.81. The Morgan fingerprint density at radius 2 is 1.96 bits per heavy atom. The van der Waals surface area contributed by atoms with Crippen molar-refractivity contribution in [3.05, 3.63) is 48.0 Å². The van der Waals surface area contributed by atoms with Gasteiger partial charge in [0.05, 0.1) is 18.6 Å². The van der Waals surface area contributed by atoms with Crippen molar-refractivity contribution in [2.45, 2.75) is 50.7 Å². The highest BCUT2D eigenvalue weighted by Gasteiger charge is 2.20. The van der Waals surface area contributed by atoms with Gasteiger partial charge in [0.2, 0.25) is 5.91 Å². The summed E-state index contributed by atoms with van der Waals surface area (Å²) in [7, 11) is 0. The summed E-state index contributed by atoms with van der Waals surface area (Å²) in [6.45, 7) is 0.769. The maximum Gasteiger partial charge on any atom is 0.305 e. The lowest BCUT2D eigenvalue weighted by Gasteiger charge is -2.23. The average Bonchev–Trinajstić information content (AvgIpc) is 2.66. The van der Waals surface area contributed by atoms with Crippen molar-refractivity contribution in [1.82, 2.24) is 5.32 Å². The Labute approximate surface area is 153 Å². The smallest absolute Gasteiger partial charge is 0.305 e. The molecule has 0 radical (unpaired) electrons. The summed E-state index contributed by atoms with van der Waals surface area (Å²) in [6.07, 6.45) is 4.28. The van der Waals surface area contributed by atoms with Gasteiger partial charge >= 0.3 is 5.97 Å². The van der Waals surface area contributed by atoms with Crippen LogP contribution in [-0.2, 0) is 14.3 Å². The van der Waals surface area contributed by atoms with E-state index in [9.17, 15) is 14.7 Å². The van der Waals surface area contributed by atoms with Gasteiger partial charge in [0.15, 0.2) is 0 Å². The topological polar surface area (TPSA) is 75.6 Å². The summed E-state index contributed by atoms with van der Waals surface area (Å²) in [5, 5.41) is 14.2. The molecule has 138 valence electrons. The fourth-order valence-corrected chi connectivity index (χ4v) is 3.45. The molecule has 1 aliphatic rings. The third-order valence-corrected chi connectivity index (χ3v) is 4.86. The minimum absolute atomic E-state index is 0.126. The van der Waals surface area contributed by atoms with Crippen LogP contribution in [0.4, 0.5) is 0 Å². The number of benzene rings is 2. The van der Waals surface area contributed by atoms with E-state index < -0.39 is 12.0 Å². The van der Waals surface area contributed by atoms with Crippen LogP contribution in [0, 0.1) is 0 Å². The van der Waals surface area contributed by atoms with E-state index in [1.165, 1.54) is 0 Å². The molecular weight excluding hydrogens is 330 g/mol. The van der Waals surface area contributed by atoms with Gasteiger partial charge in [-0.2, -0.15) is 0 Å². The largest absolute Gasteiger partial charge is 0.481 e. The van der Waals surface area contributed by atoms with Gasteiger partial charge in [0.1, 0.15) is 0 Å². The Bertz CT molecular complexity index is 767. The number of nitrogens with one attached hydrogen (secondary N) is 1. The van der Waals surface area contributed by atoms with E-state index in [2.05, 4.69) is 5.32 Å². The van der Waals surface area contributed by atoms with Crippen molar-refractivity contribution >= 4 is 22.6 Å². The molecule has 5 heteroatoms. The van der Waals surface area contributed by atoms with Crippen LogP contribution in [-0.4, -0.2) is 29.7 Å². The Kier molecular flexibility index (Phi) is 6.23. The molecule has 26 heavy (non-hydrogen) atoms. The molecule has 0 spiro atoms. The number of carboxylic acid groups (broad SMARTS) is 1. The quantitative estimate of drug-likeness (QED) is 0.792. The summed E-state index contributed by atoms with van der Waals surface area (Å²) in [4.78, 5) is 23.6. The van der Waals surface area contributed by atoms with Gasteiger partial charge in [-0.25, -0.2) is 0 Å². The second-order valence-electron chi connectivity index (χ2n) is 6.85. The van der Waals surface area contributed by atoms with E-state index >= 15 is 0 Å². The Morgan fingerprint density at radius 3 is 2.69 bits per heavy atom. The number of hydrogen-bond donors (Lipinski definition) is 2. The summed E-state index contributed by atoms with van der Waals surface area (Å²) in [6, 6.07) is 13.2. The van der Waals surface area contributed by atoms with Crippen LogP contribution in [0.1, 0.15) is 50.1 Å². The predicted molar refractivity (Wildman–Crippen MR) is 99.9 cm³/mol. The molecular formula is C21H25NO4. The summed E-state index contributed by atoms with van der Waals surface area (Å²) >= 11 is 0. The number of carboxylic acids is 1. The zero-order chi connectivity index (χ0) is 18.4. The van der Waals surface area contributed by atoms with Crippen LogP contribution in [0.15, 0.2) is 42.5 Å². The van der Waals surface area contributed by atoms with Crippen molar-refractivity contribution in [3.8, 4) is 0 Å². The minimum Gasteiger partial charge on any atom is -0.481 e. The van der Waals surface area contributed by atoms with Gasteiger partial charge in [-0.1, -0.05) is 36.4 Å². The number of hydrogen-bond acceptors (Lipinski definition) is 3. The first kappa shape index (κ1) is 18.4. The molecule has 2 aromatic rings. The maximum atomic E-state index is 12.4. The van der Waals surface area contributed by atoms with E-state index in [4.69, 9.17) is 4.74 Å². The zero-order valence-electron chi connectivity index (χ0n) is 14.8. The predicted octanol–water partition coefficient (Wildman–Crippen LogP) is 3.82. The SMILES string of the molecule is O=C(O)C[C@H](NC(=O)CCC1CCCCO1)c1ccc2ccccc2c1. The van der Waals surface area contributed by atoms with Crippen LogP contribution < -0.4 is 5.32 Å². The van der Waals surface area contributed by atoms with E-state index in [0.717, 1.165) is 42.2 Å². The summed E-state index contributed by atoms with van der Waals surface area (Å²) in [5.41, 5.74) is 0.813. The molecule has 1 fully saturated rings. The summed E-state index contributed by atoms with van der Waals surface area (Å²) < 4.78 is 5.66. The minimum atomic E-state index is -0.931. The molecule has 0 aliphatic carbocycles. The number of aliphatic carboxylic acids is 1. The van der Waals surface area contributed by atoms with Gasteiger partial charge in [-0.3, -0.25) is 9.59 Å². The monoisotopic (exact) mass is 355 g/mol. The third kappa shape index (κ3) is 5.05. The van der Waals surface area contributed by atoms with Gasteiger partial charge in [0.25, 0.3) is 0 Å². The molecule has 1 saturated heterocycles. The molecule has 0 bridgehead atoms. The molecule has 5 nitrogen and oxygen atoms in total. The van der Waals surface area contributed by atoms with Crippen molar-refractivity contribution in [3.63, 3.8) is 0 Å². The standard InChI is InChI=1S/C21H25NO4/c23-20(11-10-18-7-3-4-12-26-18)22-19(14-21(24)25)17-9-8-15-5-1-2-6-16(15)13-17/h1-2,5-6,8-9,13,18-19H,3-4,7,10-12,14H2,(H,22,23)(H,24,25)/t18?,19-/m0/s1. The van der Waals surface area contributed by atoms with Crippen LogP contribution in [0.5, 0.6) is 0 Å². The first-order chi connectivity index (χ1) is 12.6. The van der Waals surface area contributed by atoms with Gasteiger partial charge < -0.3 is 15.2 Å². The van der Waals surface area contributed by atoms with Gasteiger partial charge in [-0.15, -0.1) is 0 Å². The zero-order valence-corrected chi connectivity index (χ0v) is 14.8. The van der Waals surface area contributed by atoms with Crippen molar-refractivity contribution in [1.29, 1.82) is 0 Å². The normalized spacial score (nSPS) is 18.4. The molecule has 0 aromatic heterocycles. The van der Waals surface area contributed by atoms with Crippen LogP contribution in [0.2, 0.25) is 0 Å². The fourth-order valence-electron chi connectivity index (χ4n) is 3.45. The second-order valence-corrected chi connectivity index (χ2v) is 6.85. The number of fused-ring (bicyclic) bond motifs is 1. The Balaban J connectivity index is 1.66. The number of carbonyl (C=O) groups is 2. The van der Waals surface area contributed by atoms with Crippen molar-refractivity contribution in [2.24, 2.45) is 0 Å². The van der Waals surface area contributed by atoms with Gasteiger partial charge in [-0.05, 0) is 48.1 Å². The first-order valence-electron chi connectivity index (χ1n) is 9.23. The highest BCUT2D eigenvalue weighted by atomic mass is 16.5. The molecule has 2 N–H and O–H groups in total. The third-order valence-electron chi connectivity index (χ3n) is 4.86. The molecule has 1 heterocycles. The highest BCUT2D eigenvalue weighted by Crippen LogP contribution is 2.23. The first-order valence-corrected chi connectivity index (χ1v) is 9.23. The number of ether oxygens (including phenoxy) is 1. The lowest BCUT2D eigenvalue weighted by Crippen LogP contribution is -2.31. The van der Waals surface area contributed by atoms with Gasteiger partial charge in [0, 0.05) is 13.0 Å². The van der Waals surface area contributed by atoms with E-state index in [1.807, 2.05) is 42.5 Å². The van der Waals surface area contributed by atoms with E-state index in [1.54, 1.807) is 0 Å². The van der Waals surface area contributed by atoms with Crippen LogP contribution >= 0.6 is 0 Å². The lowest BCUT2D eigenvalue weighted by atomic mass is 9.99. The van der Waals surface area contributed by atoms with Crippen molar-refractivity contribution < 1.29 is 19.4 Å². The number of rotatable bonds is 7. The molecule has 1 unspecified atom stereocenters. The summed E-state index contributed by atoms with van der Waals surface area (Å²) in [5.74, 6) is -1.06. The molecule has 1 amide bonds. The number of carbonyl (C=O) groups excluding carboxylic acids is 1. The maximum absolute atomic E-state index is 12.4. The Hall–Kier alpha value is -2.40. The van der Waals surface area contributed by atoms with Crippen LogP contribution in [0.3, 0.4) is 0 Å². The lowest BCUT2D eigenvalue weighted by molar-refractivity contribution is -0.137. The number of amides is 1. The molecule has 3 rings (SSSR count). The van der Waals surface area contributed by atoms with Crippen molar-refractivity contribution in [2.75, 3.05) is 6.61 Å². The fraction of sp³-hybridized carbons (Fsp3) is 0.429. The van der Waals surface area contributed by atoms with Crippen LogP contribution in [0.25, 0.3) is 10.8 Å². The molecule has 0 saturated carbocycles. The van der Waals surface area contributed by atoms with E-state index in [0.29, 0.717) is 12.8 Å². The molecule has 1 aliphatic heterocycles. The molecule has 2 aromatic carbocycles. The molecule has 2 atom stereocenters. The van der Waals surface area contributed by atoms with E-state index in [-0.39, 0.29) is 18.4 Å². The Morgan fingerprint density at radius 1 is 1.15 bits per heavy atom. The highest BCUT2D eigenvalue weighted by molar-refractivity contribution is 5.84.